The molecular formula is C13H22N6O3. The average molecular weight is 310 g/mol. The number of aromatic nitrogens is 3. The van der Waals surface area contributed by atoms with Crippen molar-refractivity contribution in [3.05, 3.63) is 5.82 Å². The van der Waals surface area contributed by atoms with Crippen molar-refractivity contribution in [1.29, 1.82) is 0 Å². The van der Waals surface area contributed by atoms with Crippen molar-refractivity contribution < 1.29 is 14.3 Å². The number of nitrogens with zero attached hydrogens (tertiary/aromatic N) is 3. The predicted octanol–water partition coefficient (Wildman–Crippen LogP) is 0.967. The second kappa shape index (κ2) is 7.62. The Bertz CT molecular complexity index is 516. The first kappa shape index (κ1) is 16.1. The van der Waals surface area contributed by atoms with Gasteiger partial charge in [0.25, 0.3) is 0 Å². The lowest BCUT2D eigenvalue weighted by Gasteiger charge is -2.26. The lowest BCUT2D eigenvalue weighted by Crippen LogP contribution is -2.43. The zero-order chi connectivity index (χ0) is 15.9. The van der Waals surface area contributed by atoms with Crippen LogP contribution in [-0.2, 0) is 11.2 Å². The topological polar surface area (TPSA) is 112 Å². The number of urea groups is 1. The molecule has 0 unspecified atom stereocenters. The molecule has 0 aromatic carbocycles. The molecule has 0 saturated carbocycles. The van der Waals surface area contributed by atoms with Crippen LogP contribution in [0.1, 0.15) is 26.1 Å². The SMILES string of the molecule is CC(C)Cc1nc(NC(=O)NCCN2CCCOC2=O)n[nH]1. The molecule has 0 aliphatic carbocycles. The minimum absolute atomic E-state index is 0.241. The first-order chi connectivity index (χ1) is 10.5. The summed E-state index contributed by atoms with van der Waals surface area (Å²) >= 11 is 0. The summed E-state index contributed by atoms with van der Waals surface area (Å²) in [5, 5.41) is 11.9. The number of H-pyrrole nitrogens is 1. The number of aromatic amines is 1. The number of amides is 3. The van der Waals surface area contributed by atoms with Gasteiger partial charge in [-0.05, 0) is 12.3 Å². The Morgan fingerprint density at radius 1 is 1.50 bits per heavy atom. The standard InChI is InChI=1S/C13H22N6O3/c1-9(2)8-10-15-11(18-17-10)16-12(20)14-4-6-19-5-3-7-22-13(19)21/h9H,3-8H2,1-2H3,(H3,14,15,16,17,18,20). The van der Waals surface area contributed by atoms with E-state index in [0.717, 1.165) is 18.7 Å². The van der Waals surface area contributed by atoms with Gasteiger partial charge in [0.2, 0.25) is 5.95 Å². The number of carbonyl (C=O) groups excluding carboxylic acids is 2. The van der Waals surface area contributed by atoms with Crippen LogP contribution in [-0.4, -0.2) is 58.4 Å². The third kappa shape index (κ3) is 4.90. The van der Waals surface area contributed by atoms with Crippen molar-refractivity contribution in [3.63, 3.8) is 0 Å². The molecule has 1 aliphatic rings. The largest absolute Gasteiger partial charge is 0.449 e. The summed E-state index contributed by atoms with van der Waals surface area (Å²) in [5.41, 5.74) is 0. The molecule has 1 fully saturated rings. The number of nitrogens with one attached hydrogen (secondary N) is 3. The van der Waals surface area contributed by atoms with E-state index in [4.69, 9.17) is 4.74 Å². The highest BCUT2D eigenvalue weighted by atomic mass is 16.6. The molecule has 9 heteroatoms. The summed E-state index contributed by atoms with van der Waals surface area (Å²) in [6.07, 6.45) is 1.25. The number of hydrogen-bond acceptors (Lipinski definition) is 5. The molecule has 0 spiro atoms. The number of carbonyl (C=O) groups is 2. The van der Waals surface area contributed by atoms with Crippen LogP contribution in [0.5, 0.6) is 0 Å². The van der Waals surface area contributed by atoms with Crippen LogP contribution in [0.25, 0.3) is 0 Å². The van der Waals surface area contributed by atoms with Gasteiger partial charge in [0.15, 0.2) is 0 Å². The average Bonchev–Trinajstić information content (AvgIpc) is 2.87. The highest BCUT2D eigenvalue weighted by Gasteiger charge is 2.19. The maximum Gasteiger partial charge on any atom is 0.409 e. The number of rotatable bonds is 6. The quantitative estimate of drug-likeness (QED) is 0.724. The van der Waals surface area contributed by atoms with Gasteiger partial charge >= 0.3 is 12.1 Å². The zero-order valence-corrected chi connectivity index (χ0v) is 12.9. The molecule has 2 rings (SSSR count). The van der Waals surface area contributed by atoms with E-state index in [9.17, 15) is 9.59 Å². The van der Waals surface area contributed by atoms with Gasteiger partial charge in [-0.2, -0.15) is 4.98 Å². The van der Waals surface area contributed by atoms with Crippen molar-refractivity contribution in [2.45, 2.75) is 26.7 Å². The van der Waals surface area contributed by atoms with Gasteiger partial charge in [-0.25, -0.2) is 9.59 Å². The molecule has 2 heterocycles. The Kier molecular flexibility index (Phi) is 5.56. The van der Waals surface area contributed by atoms with E-state index >= 15 is 0 Å². The van der Waals surface area contributed by atoms with Crippen molar-refractivity contribution in [3.8, 4) is 0 Å². The van der Waals surface area contributed by atoms with Gasteiger partial charge in [-0.15, -0.1) is 5.10 Å². The zero-order valence-electron chi connectivity index (χ0n) is 12.9. The summed E-state index contributed by atoms with van der Waals surface area (Å²) in [7, 11) is 0. The molecule has 9 nitrogen and oxygen atoms in total. The monoisotopic (exact) mass is 310 g/mol. The fourth-order valence-corrected chi connectivity index (χ4v) is 2.08. The van der Waals surface area contributed by atoms with Crippen LogP contribution in [0.15, 0.2) is 0 Å². The highest BCUT2D eigenvalue weighted by molar-refractivity contribution is 5.87. The normalized spacial score (nSPS) is 14.9. The molecule has 3 amide bonds. The number of anilines is 1. The second-order valence-corrected chi connectivity index (χ2v) is 5.54. The van der Waals surface area contributed by atoms with Crippen LogP contribution in [0, 0.1) is 5.92 Å². The van der Waals surface area contributed by atoms with Crippen LogP contribution in [0.4, 0.5) is 15.5 Å². The lowest BCUT2D eigenvalue weighted by molar-refractivity contribution is 0.0736. The Morgan fingerprint density at radius 2 is 2.32 bits per heavy atom. The molecule has 3 N–H and O–H groups in total. The molecule has 22 heavy (non-hydrogen) atoms. The first-order valence-corrected chi connectivity index (χ1v) is 7.42. The smallest absolute Gasteiger partial charge is 0.409 e. The maximum atomic E-state index is 11.7. The first-order valence-electron chi connectivity index (χ1n) is 7.42. The lowest BCUT2D eigenvalue weighted by atomic mass is 10.1. The van der Waals surface area contributed by atoms with E-state index in [-0.39, 0.29) is 12.0 Å². The summed E-state index contributed by atoms with van der Waals surface area (Å²) in [6.45, 7) is 6.03. The Morgan fingerprint density at radius 3 is 3.05 bits per heavy atom. The van der Waals surface area contributed by atoms with Gasteiger partial charge in [-0.3, -0.25) is 10.4 Å². The van der Waals surface area contributed by atoms with Crippen molar-refractivity contribution in [2.75, 3.05) is 31.6 Å². The third-order valence-corrected chi connectivity index (χ3v) is 3.08. The number of cyclic esters (lactones) is 1. The molecule has 0 bridgehead atoms. The van der Waals surface area contributed by atoms with Gasteiger partial charge in [0.1, 0.15) is 5.82 Å². The number of ether oxygens (including phenoxy) is 1. The molecule has 1 saturated heterocycles. The van der Waals surface area contributed by atoms with Crippen molar-refractivity contribution >= 4 is 18.1 Å². The van der Waals surface area contributed by atoms with E-state index < -0.39 is 6.03 Å². The molecule has 122 valence electrons. The van der Waals surface area contributed by atoms with Gasteiger partial charge < -0.3 is 15.0 Å². The molecule has 0 atom stereocenters. The Hall–Kier alpha value is -2.32. The van der Waals surface area contributed by atoms with Crippen LogP contribution < -0.4 is 10.6 Å². The minimum Gasteiger partial charge on any atom is -0.449 e. The van der Waals surface area contributed by atoms with Crippen LogP contribution in [0.3, 0.4) is 0 Å². The molecule has 0 radical (unpaired) electrons. The van der Waals surface area contributed by atoms with Crippen molar-refractivity contribution in [1.82, 2.24) is 25.4 Å². The minimum atomic E-state index is -0.402. The molecular weight excluding hydrogens is 288 g/mol. The van der Waals surface area contributed by atoms with Crippen LogP contribution >= 0.6 is 0 Å². The highest BCUT2D eigenvalue weighted by Crippen LogP contribution is 2.05. The van der Waals surface area contributed by atoms with Crippen LogP contribution in [0.2, 0.25) is 0 Å². The van der Waals surface area contributed by atoms with E-state index in [2.05, 4.69) is 39.7 Å². The van der Waals surface area contributed by atoms with Gasteiger partial charge in [0, 0.05) is 26.1 Å². The molecule has 1 aliphatic heterocycles. The van der Waals surface area contributed by atoms with E-state index in [1.54, 1.807) is 4.90 Å². The van der Waals surface area contributed by atoms with E-state index in [1.165, 1.54) is 0 Å². The summed E-state index contributed by atoms with van der Waals surface area (Å²) in [6, 6.07) is -0.402. The summed E-state index contributed by atoms with van der Waals surface area (Å²) in [5.74, 6) is 1.44. The van der Waals surface area contributed by atoms with Gasteiger partial charge in [-0.1, -0.05) is 13.8 Å². The fraction of sp³-hybridized carbons (Fsp3) is 0.692. The second-order valence-electron chi connectivity index (χ2n) is 5.54. The molecule has 1 aromatic heterocycles. The van der Waals surface area contributed by atoms with Crippen molar-refractivity contribution in [2.24, 2.45) is 5.92 Å². The summed E-state index contributed by atoms with van der Waals surface area (Å²) < 4.78 is 4.91. The van der Waals surface area contributed by atoms with Gasteiger partial charge in [0.05, 0.1) is 6.61 Å². The summed E-state index contributed by atoms with van der Waals surface area (Å²) in [4.78, 5) is 28.9. The fourth-order valence-electron chi connectivity index (χ4n) is 2.08. The Labute approximate surface area is 128 Å². The predicted molar refractivity (Wildman–Crippen MR) is 79.5 cm³/mol. The third-order valence-electron chi connectivity index (χ3n) is 3.08. The Balaban J connectivity index is 1.69. The molecule has 1 aromatic rings. The van der Waals surface area contributed by atoms with E-state index in [0.29, 0.717) is 32.2 Å². The van der Waals surface area contributed by atoms with E-state index in [1.807, 2.05) is 0 Å². The number of hydrogen-bond donors (Lipinski definition) is 3. The maximum absolute atomic E-state index is 11.7.